The second-order valence-corrected chi connectivity index (χ2v) is 9.53. The second kappa shape index (κ2) is 8.86. The fourth-order valence-corrected chi connectivity index (χ4v) is 4.32. The van der Waals surface area contributed by atoms with Gasteiger partial charge >= 0.3 is 0 Å². The molecule has 34 heavy (non-hydrogen) atoms. The average Bonchev–Trinajstić information content (AvgIpc) is 3.40. The van der Waals surface area contributed by atoms with Crippen LogP contribution in [0.1, 0.15) is 54.8 Å². The number of nitrogens with zero attached hydrogens (tertiary/aromatic N) is 1. The van der Waals surface area contributed by atoms with Gasteiger partial charge in [-0.25, -0.2) is 0 Å². The number of ether oxygens (including phenoxy) is 1. The Morgan fingerprint density at radius 3 is 2.47 bits per heavy atom. The standard InChI is InChI=1S/C28H29NO5/c1-17-12-13-18(28(2,3)4)15-21(17)25(30)23-24(20-10-6-7-11-22(20)33-5)29(27(32)26(23)31)16-19-9-8-14-34-19/h6-15,24,30H,16H2,1-5H3/b25-23+. The van der Waals surface area contributed by atoms with Crippen molar-refractivity contribution in [3.63, 3.8) is 0 Å². The molecule has 1 aromatic heterocycles. The number of carbonyl (C=O) groups excluding carboxylic acids is 2. The Morgan fingerprint density at radius 2 is 1.82 bits per heavy atom. The zero-order chi connectivity index (χ0) is 24.6. The van der Waals surface area contributed by atoms with E-state index >= 15 is 0 Å². The highest BCUT2D eigenvalue weighted by Crippen LogP contribution is 2.44. The van der Waals surface area contributed by atoms with Crippen LogP contribution in [-0.2, 0) is 21.5 Å². The van der Waals surface area contributed by atoms with Crippen molar-refractivity contribution in [1.82, 2.24) is 4.90 Å². The third-order valence-corrected chi connectivity index (χ3v) is 6.24. The Kier molecular flexibility index (Phi) is 6.09. The number of aryl methyl sites for hydroxylation is 1. The summed E-state index contributed by atoms with van der Waals surface area (Å²) in [7, 11) is 1.54. The lowest BCUT2D eigenvalue weighted by Gasteiger charge is -2.26. The van der Waals surface area contributed by atoms with Gasteiger partial charge in [-0.15, -0.1) is 0 Å². The van der Waals surface area contributed by atoms with E-state index in [1.165, 1.54) is 18.3 Å². The number of aliphatic hydroxyl groups excluding tert-OH is 1. The number of benzene rings is 2. The third-order valence-electron chi connectivity index (χ3n) is 6.24. The van der Waals surface area contributed by atoms with Gasteiger partial charge in [-0.3, -0.25) is 9.59 Å². The fraction of sp³-hybridized carbons (Fsp3) is 0.286. The minimum atomic E-state index is -0.834. The van der Waals surface area contributed by atoms with Crippen molar-refractivity contribution >= 4 is 17.4 Å². The monoisotopic (exact) mass is 459 g/mol. The Balaban J connectivity index is 1.95. The summed E-state index contributed by atoms with van der Waals surface area (Å²) in [6.45, 7) is 8.20. The van der Waals surface area contributed by atoms with Gasteiger partial charge < -0.3 is 19.2 Å². The van der Waals surface area contributed by atoms with Crippen LogP contribution in [0.2, 0.25) is 0 Å². The van der Waals surface area contributed by atoms with E-state index in [1.54, 1.807) is 24.3 Å². The van der Waals surface area contributed by atoms with E-state index in [-0.39, 0.29) is 23.3 Å². The van der Waals surface area contributed by atoms with E-state index in [0.29, 0.717) is 22.6 Å². The summed E-state index contributed by atoms with van der Waals surface area (Å²) in [6.07, 6.45) is 1.52. The number of methoxy groups -OCH3 is 1. The van der Waals surface area contributed by atoms with Gasteiger partial charge in [0, 0.05) is 11.1 Å². The highest BCUT2D eigenvalue weighted by atomic mass is 16.5. The maximum Gasteiger partial charge on any atom is 0.296 e. The minimum Gasteiger partial charge on any atom is -0.507 e. The van der Waals surface area contributed by atoms with Gasteiger partial charge in [0.1, 0.15) is 17.3 Å². The number of carbonyl (C=O) groups is 2. The lowest BCUT2D eigenvalue weighted by atomic mass is 9.84. The van der Waals surface area contributed by atoms with Gasteiger partial charge in [-0.1, -0.05) is 51.1 Å². The Hall–Kier alpha value is -3.80. The Bertz CT molecular complexity index is 1260. The van der Waals surface area contributed by atoms with Crippen molar-refractivity contribution in [2.75, 3.05) is 7.11 Å². The first-order chi connectivity index (χ1) is 16.1. The molecule has 1 amide bonds. The molecule has 0 radical (unpaired) electrons. The molecule has 1 unspecified atom stereocenters. The number of Topliss-reactive ketones (excluding diaryl/α,β-unsaturated/α-hetero) is 1. The maximum absolute atomic E-state index is 13.4. The predicted octanol–water partition coefficient (Wildman–Crippen LogP) is 5.52. The molecule has 1 saturated heterocycles. The molecule has 0 bridgehead atoms. The number of furan rings is 1. The molecule has 1 atom stereocenters. The van der Waals surface area contributed by atoms with Gasteiger partial charge in [0.15, 0.2) is 0 Å². The van der Waals surface area contributed by atoms with E-state index in [0.717, 1.165) is 11.1 Å². The molecule has 6 nitrogen and oxygen atoms in total. The van der Waals surface area contributed by atoms with Gasteiger partial charge in [0.05, 0.1) is 31.5 Å². The van der Waals surface area contributed by atoms with Gasteiger partial charge in [-0.05, 0) is 47.7 Å². The smallest absolute Gasteiger partial charge is 0.296 e. The van der Waals surface area contributed by atoms with Crippen LogP contribution < -0.4 is 4.74 Å². The summed E-state index contributed by atoms with van der Waals surface area (Å²) in [5.74, 6) is -0.573. The molecule has 1 aliphatic rings. The molecule has 2 heterocycles. The van der Waals surface area contributed by atoms with Crippen molar-refractivity contribution in [3.05, 3.63) is 94.4 Å². The molecule has 6 heteroatoms. The molecule has 0 spiro atoms. The highest BCUT2D eigenvalue weighted by Gasteiger charge is 2.47. The van der Waals surface area contributed by atoms with Crippen molar-refractivity contribution in [1.29, 1.82) is 0 Å². The maximum atomic E-state index is 13.4. The quantitative estimate of drug-likeness (QED) is 0.309. The molecule has 4 rings (SSSR count). The lowest BCUT2D eigenvalue weighted by molar-refractivity contribution is -0.140. The molecular formula is C28H29NO5. The van der Waals surface area contributed by atoms with Crippen molar-refractivity contribution in [2.24, 2.45) is 0 Å². The number of amides is 1. The van der Waals surface area contributed by atoms with Crippen LogP contribution in [-0.4, -0.2) is 28.8 Å². The van der Waals surface area contributed by atoms with Crippen LogP contribution in [0.3, 0.4) is 0 Å². The van der Waals surface area contributed by atoms with E-state index in [1.807, 2.05) is 37.3 Å². The second-order valence-electron chi connectivity index (χ2n) is 9.53. The topological polar surface area (TPSA) is 80.0 Å². The van der Waals surface area contributed by atoms with Crippen molar-refractivity contribution in [2.45, 2.75) is 45.7 Å². The summed E-state index contributed by atoms with van der Waals surface area (Å²) in [5.41, 5.74) is 2.84. The Morgan fingerprint density at radius 1 is 1.09 bits per heavy atom. The predicted molar refractivity (Wildman–Crippen MR) is 129 cm³/mol. The molecule has 1 N–H and O–H groups in total. The fourth-order valence-electron chi connectivity index (χ4n) is 4.32. The van der Waals surface area contributed by atoms with E-state index in [2.05, 4.69) is 20.8 Å². The highest BCUT2D eigenvalue weighted by molar-refractivity contribution is 6.46. The van der Waals surface area contributed by atoms with Crippen LogP contribution in [0.25, 0.3) is 5.76 Å². The number of rotatable bonds is 5. The van der Waals surface area contributed by atoms with Crippen molar-refractivity contribution in [3.8, 4) is 5.75 Å². The van der Waals surface area contributed by atoms with Crippen molar-refractivity contribution < 1.29 is 23.8 Å². The number of aliphatic hydroxyl groups is 1. The first kappa shape index (κ1) is 23.4. The molecule has 0 saturated carbocycles. The molecule has 2 aromatic carbocycles. The van der Waals surface area contributed by atoms with Crippen LogP contribution in [0.15, 0.2) is 70.9 Å². The number of ketones is 1. The number of likely N-dealkylation sites (tertiary alicyclic amines) is 1. The number of hydrogen-bond donors (Lipinski definition) is 1. The lowest BCUT2D eigenvalue weighted by Crippen LogP contribution is -2.29. The minimum absolute atomic E-state index is 0.0372. The first-order valence-corrected chi connectivity index (χ1v) is 11.2. The van der Waals surface area contributed by atoms with E-state index in [9.17, 15) is 14.7 Å². The molecule has 176 valence electrons. The van der Waals surface area contributed by atoms with Crippen LogP contribution in [0.4, 0.5) is 0 Å². The summed E-state index contributed by atoms with van der Waals surface area (Å²) in [6, 6.07) is 15.7. The summed E-state index contributed by atoms with van der Waals surface area (Å²) in [5, 5.41) is 11.5. The molecule has 1 aliphatic heterocycles. The van der Waals surface area contributed by atoms with E-state index in [4.69, 9.17) is 9.15 Å². The average molecular weight is 460 g/mol. The van der Waals surface area contributed by atoms with Crippen LogP contribution in [0.5, 0.6) is 5.75 Å². The van der Waals surface area contributed by atoms with Crippen LogP contribution in [0, 0.1) is 6.92 Å². The number of para-hydroxylation sites is 1. The molecule has 3 aromatic rings. The third kappa shape index (κ3) is 4.12. The largest absolute Gasteiger partial charge is 0.507 e. The summed E-state index contributed by atoms with van der Waals surface area (Å²) < 4.78 is 11.0. The first-order valence-electron chi connectivity index (χ1n) is 11.2. The zero-order valence-electron chi connectivity index (χ0n) is 20.1. The zero-order valence-corrected chi connectivity index (χ0v) is 20.1. The number of hydrogen-bond acceptors (Lipinski definition) is 5. The Labute approximate surface area is 199 Å². The van der Waals surface area contributed by atoms with Gasteiger partial charge in [-0.2, -0.15) is 0 Å². The van der Waals surface area contributed by atoms with E-state index < -0.39 is 17.7 Å². The summed E-state index contributed by atoms with van der Waals surface area (Å²) >= 11 is 0. The molecule has 0 aliphatic carbocycles. The molecule has 1 fully saturated rings. The molecular weight excluding hydrogens is 430 g/mol. The normalized spacial score (nSPS) is 17.9. The van der Waals surface area contributed by atoms with Gasteiger partial charge in [0.25, 0.3) is 11.7 Å². The van der Waals surface area contributed by atoms with Gasteiger partial charge in [0.2, 0.25) is 0 Å². The SMILES string of the molecule is COc1ccccc1C1/C(=C(\O)c2cc(C(C)(C)C)ccc2C)C(=O)C(=O)N1Cc1ccco1. The van der Waals surface area contributed by atoms with Crippen LogP contribution >= 0.6 is 0 Å². The summed E-state index contributed by atoms with van der Waals surface area (Å²) in [4.78, 5) is 28.0.